The average molecular weight is 543 g/mol. The highest BCUT2D eigenvalue weighted by Crippen LogP contribution is 2.33. The SMILES string of the molecule is CCCCCCCCCCCCCCOc1ccccc1CC(COP(O)OCCC[NH2+]C)OC(C)=O. The van der Waals surface area contributed by atoms with E-state index in [1.165, 1.54) is 77.6 Å². The predicted octanol–water partition coefficient (Wildman–Crippen LogP) is 6.08. The number of benzene rings is 1. The number of ether oxygens (including phenoxy) is 2. The highest BCUT2D eigenvalue weighted by molar-refractivity contribution is 7.40. The minimum atomic E-state index is -2.00. The molecule has 0 heterocycles. The van der Waals surface area contributed by atoms with Gasteiger partial charge in [0.2, 0.25) is 0 Å². The van der Waals surface area contributed by atoms with Crippen molar-refractivity contribution in [3.05, 3.63) is 29.8 Å². The maximum absolute atomic E-state index is 11.6. The molecule has 0 aliphatic carbocycles. The van der Waals surface area contributed by atoms with Crippen molar-refractivity contribution in [1.82, 2.24) is 0 Å². The molecule has 2 atom stereocenters. The first kappa shape index (κ1) is 33.8. The van der Waals surface area contributed by atoms with Gasteiger partial charge in [-0.3, -0.25) is 4.79 Å². The Labute approximate surface area is 227 Å². The minimum absolute atomic E-state index is 0.0642. The first-order valence-electron chi connectivity index (χ1n) is 14.5. The molecule has 0 aliphatic rings. The van der Waals surface area contributed by atoms with Crippen LogP contribution in [0.5, 0.6) is 5.75 Å². The molecule has 214 valence electrons. The summed E-state index contributed by atoms with van der Waals surface area (Å²) in [5.41, 5.74) is 0.956. The Kier molecular flexibility index (Phi) is 21.8. The largest absolute Gasteiger partial charge is 0.493 e. The van der Waals surface area contributed by atoms with Gasteiger partial charge in [0.25, 0.3) is 0 Å². The lowest BCUT2D eigenvalue weighted by atomic mass is 10.1. The fourth-order valence-electron chi connectivity index (χ4n) is 4.17. The van der Waals surface area contributed by atoms with Gasteiger partial charge in [0.05, 0.1) is 33.4 Å². The molecule has 0 aliphatic heterocycles. The van der Waals surface area contributed by atoms with Gasteiger partial charge in [0.15, 0.2) is 0 Å². The van der Waals surface area contributed by atoms with Gasteiger partial charge in [-0.05, 0) is 18.1 Å². The maximum atomic E-state index is 11.6. The zero-order valence-corrected chi connectivity index (χ0v) is 24.5. The van der Waals surface area contributed by atoms with Crippen LogP contribution in [-0.2, 0) is 25.0 Å². The van der Waals surface area contributed by atoms with Crippen LogP contribution in [0.15, 0.2) is 24.3 Å². The van der Waals surface area contributed by atoms with Crippen LogP contribution in [0.3, 0.4) is 0 Å². The molecule has 7 nitrogen and oxygen atoms in total. The van der Waals surface area contributed by atoms with Crippen molar-refractivity contribution in [2.24, 2.45) is 0 Å². The van der Waals surface area contributed by atoms with E-state index in [2.05, 4.69) is 12.2 Å². The molecule has 0 aromatic heterocycles. The van der Waals surface area contributed by atoms with E-state index in [-0.39, 0.29) is 12.6 Å². The number of carbonyl (C=O) groups excluding carboxylic acids is 1. The minimum Gasteiger partial charge on any atom is -0.493 e. The zero-order valence-electron chi connectivity index (χ0n) is 23.6. The lowest BCUT2D eigenvalue weighted by Gasteiger charge is -2.20. The van der Waals surface area contributed by atoms with Crippen molar-refractivity contribution in [1.29, 1.82) is 0 Å². The van der Waals surface area contributed by atoms with E-state index in [9.17, 15) is 9.69 Å². The second-order valence-corrected chi connectivity index (χ2v) is 10.7. The van der Waals surface area contributed by atoms with E-state index in [0.717, 1.165) is 30.7 Å². The number of esters is 1. The van der Waals surface area contributed by atoms with Crippen molar-refractivity contribution in [2.75, 3.05) is 33.4 Å². The first-order valence-corrected chi connectivity index (χ1v) is 15.6. The highest BCUT2D eigenvalue weighted by Gasteiger charge is 2.19. The number of hydrogen-bond acceptors (Lipinski definition) is 6. The lowest BCUT2D eigenvalue weighted by molar-refractivity contribution is -0.627. The Morgan fingerprint density at radius 2 is 1.51 bits per heavy atom. The molecule has 1 aromatic rings. The Balaban J connectivity index is 2.31. The molecule has 0 fully saturated rings. The van der Waals surface area contributed by atoms with Crippen molar-refractivity contribution in [2.45, 2.75) is 110 Å². The Bertz CT molecular complexity index is 678. The number of unbranched alkanes of at least 4 members (excludes halogenated alkanes) is 11. The second-order valence-electron chi connectivity index (χ2n) is 9.70. The van der Waals surface area contributed by atoms with Crippen LogP contribution < -0.4 is 10.1 Å². The molecule has 1 aromatic carbocycles. The molecule has 37 heavy (non-hydrogen) atoms. The Hall–Kier alpha value is -1.24. The summed E-state index contributed by atoms with van der Waals surface area (Å²) in [7, 11) is -0.00942. The van der Waals surface area contributed by atoms with Gasteiger partial charge in [0.1, 0.15) is 11.9 Å². The molecule has 0 saturated heterocycles. The van der Waals surface area contributed by atoms with Gasteiger partial charge in [-0.1, -0.05) is 95.8 Å². The number of para-hydroxylation sites is 1. The van der Waals surface area contributed by atoms with Gasteiger partial charge in [-0.25, -0.2) is 0 Å². The lowest BCUT2D eigenvalue weighted by Crippen LogP contribution is -2.79. The molecule has 0 bridgehead atoms. The number of hydrogen-bond donors (Lipinski definition) is 2. The fraction of sp³-hybridized carbons (Fsp3) is 0.759. The van der Waals surface area contributed by atoms with E-state index < -0.39 is 14.7 Å². The van der Waals surface area contributed by atoms with Crippen LogP contribution in [-0.4, -0.2) is 50.4 Å². The van der Waals surface area contributed by atoms with Gasteiger partial charge < -0.3 is 28.7 Å². The molecule has 0 saturated carbocycles. The molecule has 0 amide bonds. The monoisotopic (exact) mass is 542 g/mol. The summed E-state index contributed by atoms with van der Waals surface area (Å²) in [5.74, 6) is 0.422. The van der Waals surface area contributed by atoms with Crippen LogP contribution in [0, 0.1) is 0 Å². The normalized spacial score (nSPS) is 12.9. The molecule has 1 rings (SSSR count). The highest BCUT2D eigenvalue weighted by atomic mass is 31.2. The summed E-state index contributed by atoms with van der Waals surface area (Å²) in [4.78, 5) is 21.6. The van der Waals surface area contributed by atoms with Crippen molar-refractivity contribution in [3.8, 4) is 5.75 Å². The van der Waals surface area contributed by atoms with Gasteiger partial charge >= 0.3 is 14.6 Å². The quantitative estimate of drug-likeness (QED) is 0.0885. The molecule has 8 heteroatoms. The molecular formula is C29H53NO6P+. The van der Waals surface area contributed by atoms with Crippen LogP contribution in [0.4, 0.5) is 0 Å². The van der Waals surface area contributed by atoms with E-state index in [4.69, 9.17) is 18.5 Å². The molecular weight excluding hydrogens is 489 g/mol. The zero-order chi connectivity index (χ0) is 27.0. The summed E-state index contributed by atoms with van der Waals surface area (Å²) in [5, 5.41) is 2.05. The molecule has 0 radical (unpaired) electrons. The van der Waals surface area contributed by atoms with E-state index >= 15 is 0 Å². The van der Waals surface area contributed by atoms with Crippen molar-refractivity contribution in [3.63, 3.8) is 0 Å². The molecule has 2 unspecified atom stereocenters. The number of rotatable bonds is 25. The predicted molar refractivity (Wildman–Crippen MR) is 151 cm³/mol. The summed E-state index contributed by atoms with van der Waals surface area (Å²) < 4.78 is 22.3. The topological polar surface area (TPSA) is 90.8 Å². The maximum Gasteiger partial charge on any atom is 0.329 e. The van der Waals surface area contributed by atoms with E-state index in [1.807, 2.05) is 31.3 Å². The fourth-order valence-corrected chi connectivity index (χ4v) is 4.82. The van der Waals surface area contributed by atoms with Gasteiger partial charge in [-0.15, -0.1) is 0 Å². The Morgan fingerprint density at radius 3 is 2.14 bits per heavy atom. The van der Waals surface area contributed by atoms with Crippen LogP contribution in [0.2, 0.25) is 0 Å². The third kappa shape index (κ3) is 19.5. The summed E-state index contributed by atoms with van der Waals surface area (Å²) in [6.07, 6.45) is 16.5. The van der Waals surface area contributed by atoms with Crippen LogP contribution in [0.1, 0.15) is 103 Å². The van der Waals surface area contributed by atoms with Gasteiger partial charge in [0, 0.05) is 19.8 Å². The Morgan fingerprint density at radius 1 is 0.892 bits per heavy atom. The van der Waals surface area contributed by atoms with Crippen LogP contribution >= 0.6 is 8.60 Å². The van der Waals surface area contributed by atoms with Crippen molar-refractivity contribution >= 4 is 14.6 Å². The number of carbonyl (C=O) groups is 1. The standard InChI is InChI=1S/C29H52NO6P/c1-4-5-6-7-8-9-10-11-12-13-14-17-22-33-29-20-16-15-19-27(29)24-28(36-26(2)31)25-35-37(32)34-23-18-21-30-3/h15-16,19-20,28,30,32H,4-14,17-18,21-25H2,1-3H3/p+1. The van der Waals surface area contributed by atoms with E-state index in [0.29, 0.717) is 19.6 Å². The van der Waals surface area contributed by atoms with Gasteiger partial charge in [-0.2, -0.15) is 0 Å². The van der Waals surface area contributed by atoms with Crippen molar-refractivity contribution < 1.29 is 33.5 Å². The summed E-state index contributed by atoms with van der Waals surface area (Å²) >= 11 is 0. The third-order valence-corrected chi connectivity index (χ3v) is 6.99. The smallest absolute Gasteiger partial charge is 0.329 e. The number of quaternary nitrogens is 1. The summed E-state index contributed by atoms with van der Waals surface area (Å²) in [6.45, 7) is 5.74. The second kappa shape index (κ2) is 23.8. The molecule has 3 N–H and O–H groups in total. The average Bonchev–Trinajstić information content (AvgIpc) is 2.88. The first-order chi connectivity index (χ1) is 18.1. The third-order valence-electron chi connectivity index (χ3n) is 6.22. The van der Waals surface area contributed by atoms with Crippen LogP contribution in [0.25, 0.3) is 0 Å². The molecule has 0 spiro atoms. The van der Waals surface area contributed by atoms with E-state index in [1.54, 1.807) is 0 Å². The number of nitrogens with two attached hydrogens (primary N) is 1. The summed E-state index contributed by atoms with van der Waals surface area (Å²) in [6, 6.07) is 7.83.